The van der Waals surface area contributed by atoms with Gasteiger partial charge in [-0.1, -0.05) is 0 Å². The molecule has 0 saturated heterocycles. The molecule has 4 heteroatoms. The molecular weight excluding hydrogens is 214 g/mol. The summed E-state index contributed by atoms with van der Waals surface area (Å²) in [4.78, 5) is 4.37. The van der Waals surface area contributed by atoms with Crippen LogP contribution in [-0.2, 0) is 0 Å². The Hall–Kier alpha value is -1.97. The summed E-state index contributed by atoms with van der Waals surface area (Å²) in [5, 5.41) is 3.28. The van der Waals surface area contributed by atoms with E-state index in [0.717, 1.165) is 23.0 Å². The van der Waals surface area contributed by atoms with Crippen LogP contribution in [0.1, 0.15) is 30.2 Å². The molecule has 2 aromatic rings. The van der Waals surface area contributed by atoms with Gasteiger partial charge in [0.2, 0.25) is 0 Å². The minimum Gasteiger partial charge on any atom is -0.464 e. The lowest BCUT2D eigenvalue weighted by molar-refractivity contribution is 0.466. The summed E-state index contributed by atoms with van der Waals surface area (Å²) in [5.74, 6) is 2.62. The van der Waals surface area contributed by atoms with Crippen molar-refractivity contribution < 1.29 is 4.42 Å². The van der Waals surface area contributed by atoms with Gasteiger partial charge in [0.05, 0.1) is 17.4 Å². The number of aromatic nitrogens is 1. The lowest BCUT2D eigenvalue weighted by Crippen LogP contribution is -2.08. The Labute approximate surface area is 101 Å². The Kier molecular flexibility index (Phi) is 3.04. The van der Waals surface area contributed by atoms with Gasteiger partial charge in [-0.15, -0.1) is 0 Å². The number of nitrogens with one attached hydrogen (secondary N) is 1. The van der Waals surface area contributed by atoms with E-state index < -0.39 is 0 Å². The van der Waals surface area contributed by atoms with E-state index in [-0.39, 0.29) is 6.04 Å². The monoisotopic (exact) mass is 231 g/mol. The number of anilines is 2. The number of hydrogen-bond acceptors (Lipinski definition) is 4. The van der Waals surface area contributed by atoms with E-state index in [1.807, 2.05) is 45.0 Å². The molecule has 3 N–H and O–H groups in total. The zero-order valence-corrected chi connectivity index (χ0v) is 10.3. The van der Waals surface area contributed by atoms with E-state index in [9.17, 15) is 0 Å². The van der Waals surface area contributed by atoms with Gasteiger partial charge in [0.15, 0.2) is 0 Å². The van der Waals surface area contributed by atoms with Crippen molar-refractivity contribution in [1.82, 2.24) is 4.98 Å². The first-order chi connectivity index (χ1) is 8.06. The van der Waals surface area contributed by atoms with Crippen molar-refractivity contribution in [2.24, 2.45) is 0 Å². The highest BCUT2D eigenvalue weighted by atomic mass is 16.3. The van der Waals surface area contributed by atoms with Gasteiger partial charge in [0.1, 0.15) is 17.3 Å². The second-order valence-electron chi connectivity index (χ2n) is 4.19. The fourth-order valence-electron chi connectivity index (χ4n) is 1.63. The quantitative estimate of drug-likeness (QED) is 0.852. The van der Waals surface area contributed by atoms with Gasteiger partial charge < -0.3 is 15.5 Å². The molecule has 0 aromatic carbocycles. The van der Waals surface area contributed by atoms with Crippen LogP contribution in [0.25, 0.3) is 0 Å². The molecule has 17 heavy (non-hydrogen) atoms. The molecule has 2 rings (SSSR count). The summed E-state index contributed by atoms with van der Waals surface area (Å²) in [6.45, 7) is 5.86. The van der Waals surface area contributed by atoms with Crippen molar-refractivity contribution in [3.05, 3.63) is 41.5 Å². The Balaban J connectivity index is 2.12. The second kappa shape index (κ2) is 4.49. The molecule has 0 radical (unpaired) electrons. The maximum Gasteiger partial charge on any atom is 0.126 e. The van der Waals surface area contributed by atoms with Crippen molar-refractivity contribution in [1.29, 1.82) is 0 Å². The smallest absolute Gasteiger partial charge is 0.126 e. The minimum absolute atomic E-state index is 0.0826. The van der Waals surface area contributed by atoms with Crippen LogP contribution in [0.2, 0.25) is 0 Å². The standard InChI is InChI=1S/C13H17N3O/c1-8-4-6-12(17-8)10(3)16-13-7-5-11(14)9(2)15-13/h4-7,10H,14H2,1-3H3,(H,15,16). The highest BCUT2D eigenvalue weighted by molar-refractivity contribution is 5.49. The molecule has 4 nitrogen and oxygen atoms in total. The lowest BCUT2D eigenvalue weighted by Gasteiger charge is -2.13. The molecule has 0 saturated carbocycles. The van der Waals surface area contributed by atoms with E-state index in [0.29, 0.717) is 5.69 Å². The third-order valence-electron chi connectivity index (χ3n) is 2.68. The summed E-state index contributed by atoms with van der Waals surface area (Å²) >= 11 is 0. The summed E-state index contributed by atoms with van der Waals surface area (Å²) in [6, 6.07) is 7.73. The fourth-order valence-corrected chi connectivity index (χ4v) is 1.63. The lowest BCUT2D eigenvalue weighted by atomic mass is 10.2. The summed E-state index contributed by atoms with van der Waals surface area (Å²) in [6.07, 6.45) is 0. The molecule has 0 aliphatic carbocycles. The normalized spacial score (nSPS) is 12.4. The highest BCUT2D eigenvalue weighted by Gasteiger charge is 2.10. The first-order valence-corrected chi connectivity index (χ1v) is 5.62. The van der Waals surface area contributed by atoms with Crippen LogP contribution in [-0.4, -0.2) is 4.98 Å². The van der Waals surface area contributed by atoms with Gasteiger partial charge in [0.25, 0.3) is 0 Å². The Morgan fingerprint density at radius 2 is 2.00 bits per heavy atom. The first-order valence-electron chi connectivity index (χ1n) is 5.62. The molecular formula is C13H17N3O. The van der Waals surface area contributed by atoms with Crippen LogP contribution in [0, 0.1) is 13.8 Å². The fraction of sp³-hybridized carbons (Fsp3) is 0.308. The summed E-state index contributed by atoms with van der Waals surface area (Å²) in [7, 11) is 0. The van der Waals surface area contributed by atoms with Gasteiger partial charge >= 0.3 is 0 Å². The molecule has 2 heterocycles. The van der Waals surface area contributed by atoms with E-state index in [1.165, 1.54) is 0 Å². The van der Waals surface area contributed by atoms with Gasteiger partial charge in [-0.3, -0.25) is 0 Å². The maximum atomic E-state index is 5.73. The molecule has 0 aliphatic rings. The molecule has 0 spiro atoms. The molecule has 90 valence electrons. The number of nitrogens with two attached hydrogens (primary N) is 1. The third kappa shape index (κ3) is 2.58. The minimum atomic E-state index is 0.0826. The van der Waals surface area contributed by atoms with E-state index in [1.54, 1.807) is 0 Å². The molecule has 1 atom stereocenters. The van der Waals surface area contributed by atoms with Crippen LogP contribution >= 0.6 is 0 Å². The van der Waals surface area contributed by atoms with Crippen molar-refractivity contribution in [3.8, 4) is 0 Å². The Morgan fingerprint density at radius 1 is 1.24 bits per heavy atom. The largest absolute Gasteiger partial charge is 0.464 e. The number of aryl methyl sites for hydroxylation is 2. The van der Waals surface area contributed by atoms with E-state index in [4.69, 9.17) is 10.2 Å². The number of rotatable bonds is 3. The van der Waals surface area contributed by atoms with E-state index in [2.05, 4.69) is 10.3 Å². The maximum absolute atomic E-state index is 5.73. The van der Waals surface area contributed by atoms with Crippen molar-refractivity contribution in [3.63, 3.8) is 0 Å². The Bertz CT molecular complexity index is 519. The summed E-state index contributed by atoms with van der Waals surface area (Å²) < 4.78 is 5.56. The van der Waals surface area contributed by atoms with Gasteiger partial charge in [0, 0.05) is 0 Å². The van der Waals surface area contributed by atoms with Gasteiger partial charge in [-0.05, 0) is 45.0 Å². The van der Waals surface area contributed by atoms with Crippen molar-refractivity contribution >= 4 is 11.5 Å². The zero-order valence-electron chi connectivity index (χ0n) is 10.3. The third-order valence-corrected chi connectivity index (χ3v) is 2.68. The molecule has 0 bridgehead atoms. The molecule has 0 fully saturated rings. The predicted octanol–water partition coefficient (Wildman–Crippen LogP) is 3.05. The number of hydrogen-bond donors (Lipinski definition) is 2. The average molecular weight is 231 g/mol. The van der Waals surface area contributed by atoms with E-state index >= 15 is 0 Å². The Morgan fingerprint density at radius 3 is 2.59 bits per heavy atom. The number of furan rings is 1. The number of nitrogens with zero attached hydrogens (tertiary/aromatic N) is 1. The van der Waals surface area contributed by atoms with Crippen LogP contribution in [0.4, 0.5) is 11.5 Å². The average Bonchev–Trinajstić information content (AvgIpc) is 2.70. The van der Waals surface area contributed by atoms with Crippen LogP contribution < -0.4 is 11.1 Å². The highest BCUT2D eigenvalue weighted by Crippen LogP contribution is 2.21. The van der Waals surface area contributed by atoms with Crippen molar-refractivity contribution in [2.75, 3.05) is 11.1 Å². The number of nitrogen functional groups attached to an aromatic ring is 1. The van der Waals surface area contributed by atoms with Crippen LogP contribution in [0.15, 0.2) is 28.7 Å². The topological polar surface area (TPSA) is 64.1 Å². The molecule has 0 amide bonds. The van der Waals surface area contributed by atoms with Gasteiger partial charge in [-0.25, -0.2) is 4.98 Å². The molecule has 0 aliphatic heterocycles. The van der Waals surface area contributed by atoms with Crippen LogP contribution in [0.3, 0.4) is 0 Å². The zero-order chi connectivity index (χ0) is 12.4. The SMILES string of the molecule is Cc1ccc(C(C)Nc2ccc(N)c(C)n2)o1. The summed E-state index contributed by atoms with van der Waals surface area (Å²) in [5.41, 5.74) is 7.26. The molecule has 1 unspecified atom stereocenters. The van der Waals surface area contributed by atoms with Crippen molar-refractivity contribution in [2.45, 2.75) is 26.8 Å². The predicted molar refractivity (Wildman–Crippen MR) is 68.9 cm³/mol. The molecule has 2 aromatic heterocycles. The number of pyridine rings is 1. The first kappa shape index (κ1) is 11.5. The second-order valence-corrected chi connectivity index (χ2v) is 4.19. The van der Waals surface area contributed by atoms with Gasteiger partial charge in [-0.2, -0.15) is 0 Å². The van der Waals surface area contributed by atoms with Crippen LogP contribution in [0.5, 0.6) is 0 Å².